The van der Waals surface area contributed by atoms with Gasteiger partial charge in [-0.15, -0.1) is 0 Å². The lowest BCUT2D eigenvalue weighted by atomic mass is 10.1. The van der Waals surface area contributed by atoms with Crippen molar-refractivity contribution in [2.24, 2.45) is 0 Å². The van der Waals surface area contributed by atoms with E-state index in [1.165, 1.54) is 19.2 Å². The average Bonchev–Trinajstić information content (AvgIpc) is 2.93. The Morgan fingerprint density at radius 2 is 1.82 bits per heavy atom. The molecule has 1 atom stereocenters. The van der Waals surface area contributed by atoms with E-state index in [0.717, 1.165) is 23.3 Å². The van der Waals surface area contributed by atoms with Gasteiger partial charge in [0.25, 0.3) is 0 Å². The number of halogens is 3. The smallest absolute Gasteiger partial charge is 0.383 e. The number of carbonyl (C=O) groups excluding carboxylic acids is 2. The summed E-state index contributed by atoms with van der Waals surface area (Å²) in [7, 11) is 1.53. The molecule has 9 heteroatoms. The highest BCUT2D eigenvalue weighted by atomic mass is 19.4. The van der Waals surface area contributed by atoms with Crippen molar-refractivity contribution in [3.8, 4) is 0 Å². The van der Waals surface area contributed by atoms with Crippen LogP contribution in [0, 0.1) is 0 Å². The van der Waals surface area contributed by atoms with Gasteiger partial charge in [-0.2, -0.15) is 13.2 Å². The average molecular weight is 464 g/mol. The number of ether oxygens (including phenoxy) is 1. The first-order valence-electron chi connectivity index (χ1n) is 10.8. The van der Waals surface area contributed by atoms with Gasteiger partial charge in [-0.05, 0) is 37.1 Å². The van der Waals surface area contributed by atoms with Gasteiger partial charge < -0.3 is 10.1 Å². The molecule has 0 spiro atoms. The minimum atomic E-state index is -4.75. The first-order valence-corrected chi connectivity index (χ1v) is 10.8. The van der Waals surface area contributed by atoms with E-state index in [0.29, 0.717) is 19.7 Å². The van der Waals surface area contributed by atoms with Crippen LogP contribution >= 0.6 is 0 Å². The molecule has 178 valence electrons. The SMILES string of the molecule is COCCN(CCCc1ccccc1)CC(=O)N1c2ccccc2NC(=O)CC1C(F)(F)F. The molecule has 2 amide bonds. The number of aryl methyl sites for hydroxylation is 1. The number of anilines is 2. The van der Waals surface area contributed by atoms with Crippen molar-refractivity contribution in [3.05, 3.63) is 60.2 Å². The first kappa shape index (κ1) is 24.7. The Kier molecular flexibility index (Phi) is 8.46. The lowest BCUT2D eigenvalue weighted by Gasteiger charge is -2.33. The maximum atomic E-state index is 13.9. The predicted octanol–water partition coefficient (Wildman–Crippen LogP) is 3.87. The number of methoxy groups -OCH3 is 1. The standard InChI is InChI=1S/C24H28F3N3O3/c1-33-15-14-29(13-7-10-18-8-3-2-4-9-18)17-23(32)30-20-12-6-5-11-19(20)28-22(31)16-21(30)24(25,26)27/h2-6,8-9,11-12,21H,7,10,13-17H2,1H3,(H,28,31). The number of benzene rings is 2. The fraction of sp³-hybridized carbons (Fsp3) is 0.417. The van der Waals surface area contributed by atoms with Crippen LogP contribution in [0.3, 0.4) is 0 Å². The summed E-state index contributed by atoms with van der Waals surface area (Å²) in [6.45, 7) is 1.05. The van der Waals surface area contributed by atoms with E-state index in [-0.39, 0.29) is 17.9 Å². The van der Waals surface area contributed by atoms with Crippen molar-refractivity contribution in [1.82, 2.24) is 4.90 Å². The summed E-state index contributed by atoms with van der Waals surface area (Å²) in [6, 6.07) is 13.7. The quantitative estimate of drug-likeness (QED) is 0.613. The topological polar surface area (TPSA) is 61.9 Å². The van der Waals surface area contributed by atoms with Crippen LogP contribution < -0.4 is 10.2 Å². The number of fused-ring (bicyclic) bond motifs is 1. The summed E-state index contributed by atoms with van der Waals surface area (Å²) in [5.74, 6) is -1.49. The fourth-order valence-corrected chi connectivity index (χ4v) is 3.90. The van der Waals surface area contributed by atoms with Crippen molar-refractivity contribution in [1.29, 1.82) is 0 Å². The summed E-state index contributed by atoms with van der Waals surface area (Å²) in [5.41, 5.74) is 1.39. The van der Waals surface area contributed by atoms with Crippen LogP contribution in [0.15, 0.2) is 54.6 Å². The zero-order valence-electron chi connectivity index (χ0n) is 18.5. The highest BCUT2D eigenvalue weighted by Gasteiger charge is 2.49. The molecule has 0 radical (unpaired) electrons. The van der Waals surface area contributed by atoms with Crippen LogP contribution in [0.25, 0.3) is 0 Å². The Morgan fingerprint density at radius 3 is 2.52 bits per heavy atom. The van der Waals surface area contributed by atoms with E-state index in [1.54, 1.807) is 17.0 Å². The molecule has 3 rings (SSSR count). The molecule has 1 heterocycles. The second-order valence-corrected chi connectivity index (χ2v) is 7.95. The molecule has 0 aliphatic carbocycles. The van der Waals surface area contributed by atoms with Crippen molar-refractivity contribution >= 4 is 23.2 Å². The minimum Gasteiger partial charge on any atom is -0.383 e. The lowest BCUT2D eigenvalue weighted by molar-refractivity contribution is -0.158. The molecule has 6 nitrogen and oxygen atoms in total. The number of nitrogens with zero attached hydrogens (tertiary/aromatic N) is 2. The molecule has 0 aromatic heterocycles. The maximum Gasteiger partial charge on any atom is 0.409 e. The number of alkyl halides is 3. The molecule has 2 aromatic rings. The third-order valence-corrected chi connectivity index (χ3v) is 5.53. The van der Waals surface area contributed by atoms with Crippen molar-refractivity contribution in [3.63, 3.8) is 0 Å². The predicted molar refractivity (Wildman–Crippen MR) is 120 cm³/mol. The first-order chi connectivity index (χ1) is 15.8. The van der Waals surface area contributed by atoms with E-state index < -0.39 is 30.5 Å². The van der Waals surface area contributed by atoms with Crippen molar-refractivity contribution in [2.45, 2.75) is 31.5 Å². The zero-order chi connectivity index (χ0) is 23.8. The van der Waals surface area contributed by atoms with E-state index in [2.05, 4.69) is 5.32 Å². The molecule has 0 saturated heterocycles. The van der Waals surface area contributed by atoms with Crippen molar-refractivity contribution in [2.75, 3.05) is 43.6 Å². The Labute approximate surface area is 191 Å². The summed E-state index contributed by atoms with van der Waals surface area (Å²) in [4.78, 5) is 27.9. The molecule has 33 heavy (non-hydrogen) atoms. The molecule has 1 unspecified atom stereocenters. The largest absolute Gasteiger partial charge is 0.409 e. The van der Waals surface area contributed by atoms with Gasteiger partial charge in [-0.25, -0.2) is 0 Å². The van der Waals surface area contributed by atoms with Crippen LogP contribution in [0.5, 0.6) is 0 Å². The number of hydrogen-bond donors (Lipinski definition) is 1. The van der Waals surface area contributed by atoms with Gasteiger partial charge >= 0.3 is 6.18 Å². The van der Waals surface area contributed by atoms with E-state index in [4.69, 9.17) is 4.74 Å². The van der Waals surface area contributed by atoms with E-state index >= 15 is 0 Å². The summed E-state index contributed by atoms with van der Waals surface area (Å²) < 4.78 is 46.9. The van der Waals surface area contributed by atoms with E-state index in [1.807, 2.05) is 30.3 Å². The number of hydrogen-bond acceptors (Lipinski definition) is 4. The van der Waals surface area contributed by atoms with Gasteiger partial charge in [-0.1, -0.05) is 42.5 Å². The van der Waals surface area contributed by atoms with Crippen LogP contribution in [-0.4, -0.2) is 62.3 Å². The van der Waals surface area contributed by atoms with Gasteiger partial charge in [-0.3, -0.25) is 19.4 Å². The van der Waals surface area contributed by atoms with Gasteiger partial charge in [0.1, 0.15) is 6.04 Å². The monoisotopic (exact) mass is 463 g/mol. The molecule has 1 aliphatic heterocycles. The molecule has 0 fully saturated rings. The normalized spacial score (nSPS) is 16.3. The molecule has 0 saturated carbocycles. The van der Waals surface area contributed by atoms with E-state index in [9.17, 15) is 22.8 Å². The molecule has 1 N–H and O–H groups in total. The second-order valence-electron chi connectivity index (χ2n) is 7.95. The third kappa shape index (κ3) is 6.79. The number of para-hydroxylation sites is 2. The van der Waals surface area contributed by atoms with Crippen LogP contribution in [0.2, 0.25) is 0 Å². The number of amides is 2. The molecule has 0 bridgehead atoms. The Bertz CT molecular complexity index is 937. The molecule has 1 aliphatic rings. The summed E-state index contributed by atoms with van der Waals surface area (Å²) in [5, 5.41) is 2.48. The van der Waals surface area contributed by atoms with Crippen molar-refractivity contribution < 1.29 is 27.5 Å². The number of carbonyl (C=O) groups is 2. The van der Waals surface area contributed by atoms with Crippen LogP contribution in [0.4, 0.5) is 24.5 Å². The van der Waals surface area contributed by atoms with Crippen LogP contribution in [0.1, 0.15) is 18.4 Å². The Morgan fingerprint density at radius 1 is 1.12 bits per heavy atom. The Hall–Kier alpha value is -2.91. The lowest BCUT2D eigenvalue weighted by Crippen LogP contribution is -2.52. The van der Waals surface area contributed by atoms with Gasteiger partial charge in [0.15, 0.2) is 0 Å². The Balaban J connectivity index is 1.79. The van der Waals surface area contributed by atoms with Gasteiger partial charge in [0.2, 0.25) is 11.8 Å². The van der Waals surface area contributed by atoms with Gasteiger partial charge in [0, 0.05) is 13.7 Å². The van der Waals surface area contributed by atoms with Crippen LogP contribution in [-0.2, 0) is 20.7 Å². The second kappa shape index (κ2) is 11.3. The molecular weight excluding hydrogens is 435 g/mol. The highest BCUT2D eigenvalue weighted by Crippen LogP contribution is 2.37. The highest BCUT2D eigenvalue weighted by molar-refractivity contribution is 6.05. The summed E-state index contributed by atoms with van der Waals surface area (Å²) >= 11 is 0. The zero-order valence-corrected chi connectivity index (χ0v) is 18.5. The fourth-order valence-electron chi connectivity index (χ4n) is 3.90. The number of rotatable bonds is 9. The van der Waals surface area contributed by atoms with Gasteiger partial charge in [0.05, 0.1) is 30.9 Å². The third-order valence-electron chi connectivity index (χ3n) is 5.53. The molecular formula is C24H28F3N3O3. The summed E-state index contributed by atoms with van der Waals surface area (Å²) in [6.07, 6.45) is -4.08. The molecule has 2 aromatic carbocycles. The maximum absolute atomic E-state index is 13.9. The minimum absolute atomic E-state index is 0.0478. The number of nitrogens with one attached hydrogen (secondary N) is 1.